The summed E-state index contributed by atoms with van der Waals surface area (Å²) in [5, 5.41) is 0. The number of morpholine rings is 1. The lowest BCUT2D eigenvalue weighted by Gasteiger charge is -2.45. The molecule has 3 aliphatic rings. The minimum Gasteiger partial charge on any atom is -0.464 e. The van der Waals surface area contributed by atoms with Crippen LogP contribution in [0, 0.1) is 11.8 Å². The van der Waals surface area contributed by atoms with Gasteiger partial charge in [-0.2, -0.15) is 0 Å². The first-order valence-electron chi connectivity index (χ1n) is 11.6. The molecular weight excluding hydrogens is 394 g/mol. The maximum absolute atomic E-state index is 13.2. The highest BCUT2D eigenvalue weighted by Gasteiger charge is 2.70. The van der Waals surface area contributed by atoms with E-state index in [0.29, 0.717) is 24.3 Å². The van der Waals surface area contributed by atoms with E-state index in [1.165, 1.54) is 0 Å². The summed E-state index contributed by atoms with van der Waals surface area (Å²) in [5.74, 6) is -1.11. The van der Waals surface area contributed by atoms with Gasteiger partial charge in [0.1, 0.15) is 42.9 Å². The van der Waals surface area contributed by atoms with Gasteiger partial charge in [-0.1, -0.05) is 51.1 Å². The summed E-state index contributed by atoms with van der Waals surface area (Å²) in [6.07, 6.45) is 2.89. The molecule has 3 heterocycles. The van der Waals surface area contributed by atoms with E-state index < -0.39 is 5.92 Å². The SMILES string of the molecule is CC[C@@H](C(=O)OC[C@@H](C(=O)OC1C[C@@H]2[C@@H]3O[C@@H]3[C@@H](C1)[N+]2(C)C)c1ccccc1)C(C)C. The van der Waals surface area contributed by atoms with Gasteiger partial charge >= 0.3 is 11.9 Å². The number of hydrogen-bond donors (Lipinski definition) is 0. The lowest BCUT2D eigenvalue weighted by molar-refractivity contribution is -0.938. The van der Waals surface area contributed by atoms with Crippen LogP contribution in [-0.2, 0) is 23.8 Å². The Morgan fingerprint density at radius 2 is 1.68 bits per heavy atom. The largest absolute Gasteiger partial charge is 0.464 e. The first kappa shape index (κ1) is 22.3. The van der Waals surface area contributed by atoms with E-state index in [9.17, 15) is 9.59 Å². The van der Waals surface area contributed by atoms with Crippen molar-refractivity contribution in [3.63, 3.8) is 0 Å². The summed E-state index contributed by atoms with van der Waals surface area (Å²) < 4.78 is 18.4. The van der Waals surface area contributed by atoms with Crippen LogP contribution in [0.15, 0.2) is 30.3 Å². The number of likely N-dealkylation sites (N-methyl/N-ethyl adjacent to an activating group) is 1. The molecule has 0 radical (unpaired) electrons. The third kappa shape index (κ3) is 4.24. The van der Waals surface area contributed by atoms with Crippen molar-refractivity contribution in [2.75, 3.05) is 20.7 Å². The maximum atomic E-state index is 13.2. The van der Waals surface area contributed by atoms with Crippen molar-refractivity contribution in [3.8, 4) is 0 Å². The average Bonchev–Trinajstić information content (AvgIpc) is 3.47. The van der Waals surface area contributed by atoms with E-state index >= 15 is 0 Å². The lowest BCUT2D eigenvalue weighted by Crippen LogP contribution is -2.60. The summed E-state index contributed by atoms with van der Waals surface area (Å²) >= 11 is 0. The summed E-state index contributed by atoms with van der Waals surface area (Å²) in [6.45, 7) is 6.04. The van der Waals surface area contributed by atoms with Crippen molar-refractivity contribution in [2.24, 2.45) is 11.8 Å². The fraction of sp³-hybridized carbons (Fsp3) is 0.680. The Morgan fingerprint density at radius 1 is 1.06 bits per heavy atom. The van der Waals surface area contributed by atoms with Crippen molar-refractivity contribution in [3.05, 3.63) is 35.9 Å². The fourth-order valence-corrected chi connectivity index (χ4v) is 5.72. The lowest BCUT2D eigenvalue weighted by atomic mass is 9.93. The Balaban J connectivity index is 1.42. The summed E-state index contributed by atoms with van der Waals surface area (Å²) in [4.78, 5) is 25.8. The first-order valence-corrected chi connectivity index (χ1v) is 11.6. The number of piperidine rings is 1. The zero-order valence-electron chi connectivity index (χ0n) is 19.3. The molecule has 7 atom stereocenters. The molecule has 0 aromatic heterocycles. The normalized spacial score (nSPS) is 32.1. The number of carbonyl (C=O) groups is 2. The maximum Gasteiger partial charge on any atom is 0.317 e. The molecule has 0 spiro atoms. The van der Waals surface area contributed by atoms with Crippen LogP contribution in [0.3, 0.4) is 0 Å². The Hall–Kier alpha value is -1.92. The van der Waals surface area contributed by atoms with Gasteiger partial charge in [0.25, 0.3) is 0 Å². The van der Waals surface area contributed by atoms with Crippen LogP contribution in [0.25, 0.3) is 0 Å². The second-order valence-electron chi connectivity index (χ2n) is 10.2. The number of esters is 2. The molecule has 1 unspecified atom stereocenters. The van der Waals surface area contributed by atoms with Crippen LogP contribution in [0.2, 0.25) is 0 Å². The van der Waals surface area contributed by atoms with Gasteiger partial charge in [0.15, 0.2) is 0 Å². The van der Waals surface area contributed by atoms with Gasteiger partial charge in [0, 0.05) is 12.8 Å². The molecule has 3 fully saturated rings. The van der Waals surface area contributed by atoms with Crippen LogP contribution < -0.4 is 0 Å². The van der Waals surface area contributed by atoms with Crippen molar-refractivity contribution < 1.29 is 28.3 Å². The molecule has 6 nitrogen and oxygen atoms in total. The van der Waals surface area contributed by atoms with Crippen LogP contribution in [-0.4, -0.2) is 67.5 Å². The minimum atomic E-state index is -0.609. The quantitative estimate of drug-likeness (QED) is 0.360. The van der Waals surface area contributed by atoms with Crippen LogP contribution in [0.1, 0.15) is 51.5 Å². The first-order chi connectivity index (χ1) is 14.7. The number of rotatable bonds is 8. The molecule has 0 saturated carbocycles. The van der Waals surface area contributed by atoms with Crippen LogP contribution in [0.5, 0.6) is 0 Å². The van der Waals surface area contributed by atoms with Gasteiger partial charge in [-0.05, 0) is 17.9 Å². The number of carbonyl (C=O) groups excluding carboxylic acids is 2. The molecular formula is C25H36NO5+. The van der Waals surface area contributed by atoms with Crippen molar-refractivity contribution >= 4 is 11.9 Å². The summed E-state index contributed by atoms with van der Waals surface area (Å²) in [6, 6.07) is 10.3. The molecule has 31 heavy (non-hydrogen) atoms. The Kier molecular flexibility index (Phi) is 6.14. The molecule has 1 aromatic rings. The standard InChI is InChI=1S/C25H36NO5/c1-6-18(15(2)3)24(27)29-14-19(16-10-8-7-9-11-16)25(28)30-17-12-20-22-23(31-22)21(13-17)26(20,4)5/h7-11,15,17-23H,6,12-14H2,1-5H3/q+1/t17?,18-,19-,20-,21-,22-,23+/m1/s1. The van der Waals surface area contributed by atoms with Crippen LogP contribution in [0.4, 0.5) is 0 Å². The molecule has 4 rings (SSSR count). The van der Waals surface area contributed by atoms with Gasteiger partial charge in [0.05, 0.1) is 20.0 Å². The highest BCUT2D eigenvalue weighted by molar-refractivity contribution is 5.79. The van der Waals surface area contributed by atoms with Crippen molar-refractivity contribution in [1.29, 1.82) is 0 Å². The molecule has 0 N–H and O–H groups in total. The molecule has 0 amide bonds. The number of quaternary nitrogens is 1. The number of ether oxygens (including phenoxy) is 3. The van der Waals surface area contributed by atoms with Gasteiger partial charge in [0.2, 0.25) is 0 Å². The number of nitrogens with zero attached hydrogens (tertiary/aromatic N) is 1. The number of hydrogen-bond acceptors (Lipinski definition) is 5. The monoisotopic (exact) mass is 430 g/mol. The van der Waals surface area contributed by atoms with E-state index in [0.717, 1.165) is 29.3 Å². The second kappa shape index (κ2) is 8.55. The third-order valence-electron chi connectivity index (χ3n) is 7.75. The van der Waals surface area contributed by atoms with Crippen molar-refractivity contribution in [1.82, 2.24) is 0 Å². The Bertz CT molecular complexity index is 787. The summed E-state index contributed by atoms with van der Waals surface area (Å²) in [5.41, 5.74) is 0.818. The van der Waals surface area contributed by atoms with Gasteiger partial charge < -0.3 is 18.7 Å². The fourth-order valence-electron chi connectivity index (χ4n) is 5.72. The van der Waals surface area contributed by atoms with Gasteiger partial charge in [-0.15, -0.1) is 0 Å². The van der Waals surface area contributed by atoms with Crippen molar-refractivity contribution in [2.45, 2.75) is 76.3 Å². The predicted molar refractivity (Wildman–Crippen MR) is 116 cm³/mol. The zero-order valence-corrected chi connectivity index (χ0v) is 19.3. The second-order valence-corrected chi connectivity index (χ2v) is 10.2. The summed E-state index contributed by atoms with van der Waals surface area (Å²) in [7, 11) is 4.52. The highest BCUT2D eigenvalue weighted by atomic mass is 16.6. The Morgan fingerprint density at radius 3 is 2.23 bits per heavy atom. The van der Waals surface area contributed by atoms with E-state index in [-0.39, 0.29) is 36.5 Å². The molecule has 0 aliphatic carbocycles. The number of fused-ring (bicyclic) bond motifs is 5. The van der Waals surface area contributed by atoms with Gasteiger partial charge in [-0.25, -0.2) is 0 Å². The zero-order chi connectivity index (χ0) is 22.3. The predicted octanol–water partition coefficient (Wildman–Crippen LogP) is 3.30. The Labute approximate surface area is 185 Å². The van der Waals surface area contributed by atoms with Crippen LogP contribution >= 0.6 is 0 Å². The molecule has 170 valence electrons. The van der Waals surface area contributed by atoms with Gasteiger partial charge in [-0.3, -0.25) is 9.59 Å². The molecule has 3 saturated heterocycles. The van der Waals surface area contributed by atoms with E-state index in [1.807, 2.05) is 51.1 Å². The molecule has 1 aromatic carbocycles. The third-order valence-corrected chi connectivity index (χ3v) is 7.75. The number of benzene rings is 1. The average molecular weight is 431 g/mol. The molecule has 6 heteroatoms. The van der Waals surface area contributed by atoms with E-state index in [1.54, 1.807) is 0 Å². The number of epoxide rings is 1. The smallest absolute Gasteiger partial charge is 0.317 e. The minimum absolute atomic E-state index is 0.0143. The highest BCUT2D eigenvalue weighted by Crippen LogP contribution is 2.51. The van der Waals surface area contributed by atoms with E-state index in [2.05, 4.69) is 14.1 Å². The topological polar surface area (TPSA) is 65.1 Å². The molecule has 2 bridgehead atoms. The molecule has 3 aliphatic heterocycles. The van der Waals surface area contributed by atoms with E-state index in [4.69, 9.17) is 14.2 Å².